The van der Waals surface area contributed by atoms with Gasteiger partial charge in [-0.15, -0.1) is 11.3 Å². The summed E-state index contributed by atoms with van der Waals surface area (Å²) in [6.07, 6.45) is 2.60. The molecule has 0 spiro atoms. The minimum Gasteiger partial charge on any atom is -0.480 e. The summed E-state index contributed by atoms with van der Waals surface area (Å²) >= 11 is 9.08. The van der Waals surface area contributed by atoms with Gasteiger partial charge >= 0.3 is 5.97 Å². The molecule has 1 aromatic heterocycles. The monoisotopic (exact) mass is 692 g/mol. The highest BCUT2D eigenvalue weighted by Crippen LogP contribution is 2.33. The van der Waals surface area contributed by atoms with Crippen LogP contribution in [-0.4, -0.2) is 42.7 Å². The van der Waals surface area contributed by atoms with Gasteiger partial charge in [-0.2, -0.15) is 0 Å². The van der Waals surface area contributed by atoms with Crippen molar-refractivity contribution in [3.63, 3.8) is 0 Å². The second kappa shape index (κ2) is 15.4. The van der Waals surface area contributed by atoms with E-state index >= 15 is 0 Å². The Morgan fingerprint density at radius 1 is 0.935 bits per heavy atom. The van der Waals surface area contributed by atoms with E-state index in [9.17, 15) is 18.0 Å². The molecule has 0 unspecified atom stereocenters. The number of benzene rings is 4. The maximum Gasteiger partial charge on any atom is 0.341 e. The number of aromatic nitrogens is 1. The van der Waals surface area contributed by atoms with E-state index in [-0.39, 0.29) is 16.4 Å². The molecule has 236 valence electrons. The van der Waals surface area contributed by atoms with Crippen LogP contribution in [0.3, 0.4) is 0 Å². The number of aliphatic carboxylic acids is 1. The average Bonchev–Trinajstić information content (AvgIpc) is 3.53. The molecule has 0 aliphatic carbocycles. The molecule has 1 amide bonds. The fourth-order valence-corrected chi connectivity index (χ4v) is 7.89. The number of nitrogens with one attached hydrogen (secondary N) is 1. The highest BCUT2D eigenvalue weighted by atomic mass is 35.5. The molecule has 5 aromatic rings. The molecule has 0 aliphatic heterocycles. The Kier molecular flexibility index (Phi) is 11.1. The summed E-state index contributed by atoms with van der Waals surface area (Å²) in [6.45, 7) is -0.586. The van der Waals surface area contributed by atoms with Gasteiger partial charge in [-0.05, 0) is 78.1 Å². The van der Waals surface area contributed by atoms with Gasteiger partial charge in [0.1, 0.15) is 5.75 Å². The molecular weight excluding hydrogens is 664 g/mol. The first-order valence-corrected chi connectivity index (χ1v) is 18.0. The molecule has 8 nitrogen and oxygen atoms in total. The van der Waals surface area contributed by atoms with Crippen LogP contribution in [0.25, 0.3) is 10.4 Å². The van der Waals surface area contributed by atoms with Gasteiger partial charge in [0.25, 0.3) is 5.91 Å². The number of carbonyl (C=O) groups is 2. The largest absolute Gasteiger partial charge is 0.480 e. The molecule has 4 aromatic carbocycles. The summed E-state index contributed by atoms with van der Waals surface area (Å²) in [5.41, 5.74) is 3.52. The molecule has 12 heteroatoms. The first-order chi connectivity index (χ1) is 22.2. The number of aryl methyl sites for hydroxylation is 1. The van der Waals surface area contributed by atoms with Gasteiger partial charge < -0.3 is 15.2 Å². The number of hydrogen-bond acceptors (Lipinski definition) is 8. The van der Waals surface area contributed by atoms with Crippen LogP contribution >= 0.6 is 34.7 Å². The van der Waals surface area contributed by atoms with Gasteiger partial charge in [0, 0.05) is 22.5 Å². The lowest BCUT2D eigenvalue weighted by Crippen LogP contribution is -2.15. The van der Waals surface area contributed by atoms with Crippen LogP contribution in [0.15, 0.2) is 112 Å². The van der Waals surface area contributed by atoms with Crippen LogP contribution in [0, 0.1) is 0 Å². The van der Waals surface area contributed by atoms with Crippen molar-refractivity contribution < 1.29 is 27.9 Å². The zero-order valence-electron chi connectivity index (χ0n) is 24.4. The second-order valence-electron chi connectivity index (χ2n) is 10.2. The topological polar surface area (TPSA) is 123 Å². The minimum absolute atomic E-state index is 0.0764. The molecule has 0 bridgehead atoms. The molecule has 46 heavy (non-hydrogen) atoms. The molecule has 1 heterocycles. The van der Waals surface area contributed by atoms with Gasteiger partial charge in [0.05, 0.1) is 21.2 Å². The summed E-state index contributed by atoms with van der Waals surface area (Å²) in [6, 6.07) is 28.3. The lowest BCUT2D eigenvalue weighted by molar-refractivity contribution is -0.139. The van der Waals surface area contributed by atoms with E-state index in [1.165, 1.54) is 24.3 Å². The number of ether oxygens (including phenoxy) is 1. The lowest BCUT2D eigenvalue weighted by Gasteiger charge is -2.14. The average molecular weight is 693 g/mol. The third kappa shape index (κ3) is 9.20. The predicted molar refractivity (Wildman–Crippen MR) is 183 cm³/mol. The highest BCUT2D eigenvalue weighted by molar-refractivity contribution is 8.00. The lowest BCUT2D eigenvalue weighted by atomic mass is 10.1. The Morgan fingerprint density at radius 3 is 2.48 bits per heavy atom. The summed E-state index contributed by atoms with van der Waals surface area (Å²) in [4.78, 5) is 30.3. The van der Waals surface area contributed by atoms with Crippen LogP contribution in [-0.2, 0) is 26.8 Å². The van der Waals surface area contributed by atoms with Crippen LogP contribution in [0.2, 0.25) is 5.02 Å². The fourth-order valence-electron chi connectivity index (χ4n) is 4.52. The quantitative estimate of drug-likeness (QED) is 0.113. The third-order valence-electron chi connectivity index (χ3n) is 6.79. The molecule has 0 saturated carbocycles. The number of halogens is 1. The van der Waals surface area contributed by atoms with Crippen molar-refractivity contribution in [2.75, 3.05) is 17.7 Å². The van der Waals surface area contributed by atoms with Crippen molar-refractivity contribution in [2.45, 2.75) is 27.8 Å². The molecular formula is C34H29ClN2O6S3. The Labute approximate surface area is 280 Å². The Balaban J connectivity index is 1.24. The highest BCUT2D eigenvalue weighted by Gasteiger charge is 2.16. The number of carbonyl (C=O) groups excluding carboxylic acids is 1. The number of carboxylic acids is 1. The van der Waals surface area contributed by atoms with Crippen LogP contribution in [0.4, 0.5) is 5.69 Å². The first-order valence-electron chi connectivity index (χ1n) is 14.2. The molecule has 0 fully saturated rings. The zero-order chi connectivity index (χ0) is 32.5. The zero-order valence-corrected chi connectivity index (χ0v) is 27.6. The van der Waals surface area contributed by atoms with Gasteiger partial charge in [-0.25, -0.2) is 18.2 Å². The molecule has 0 radical (unpaired) electrons. The maximum absolute atomic E-state index is 13.3. The normalized spacial score (nSPS) is 11.2. The summed E-state index contributed by atoms with van der Waals surface area (Å²) < 4.78 is 31.8. The van der Waals surface area contributed by atoms with Gasteiger partial charge in [-0.3, -0.25) is 4.79 Å². The van der Waals surface area contributed by atoms with Crippen LogP contribution < -0.4 is 10.1 Å². The van der Waals surface area contributed by atoms with Gasteiger partial charge in [-0.1, -0.05) is 71.9 Å². The van der Waals surface area contributed by atoms with E-state index in [4.69, 9.17) is 21.4 Å². The number of hydrogen-bond donors (Lipinski definition) is 2. The summed E-state index contributed by atoms with van der Waals surface area (Å²) in [5.74, 6) is -0.819. The second-order valence-corrected chi connectivity index (χ2v) is 15.0. The van der Waals surface area contributed by atoms with E-state index < -0.39 is 28.3 Å². The minimum atomic E-state index is -3.50. The van der Waals surface area contributed by atoms with Gasteiger partial charge in [0.2, 0.25) is 0 Å². The van der Waals surface area contributed by atoms with Crippen LogP contribution in [0.5, 0.6) is 5.75 Å². The fraction of sp³-hybridized carbons (Fsp3) is 0.147. The van der Waals surface area contributed by atoms with Crippen molar-refractivity contribution in [1.29, 1.82) is 0 Å². The predicted octanol–water partition coefficient (Wildman–Crippen LogP) is 7.88. The standard InChI is InChI=1S/C34H29ClN2O6S3/c35-27-12-14-28(15-13-27)46(41,42)17-5-7-23-11-16-30(43-21-32(38)39)29(19-23)37-33(40)26-10-4-6-24(18-26)22-44-34-36-20-31(45-34)25-8-2-1-3-9-25/h1-4,6,8-16,18-20H,5,7,17,21-22H2,(H,37,40)(H,38,39). The number of thiazole rings is 1. The van der Waals surface area contributed by atoms with Crippen molar-refractivity contribution >= 4 is 62.1 Å². The van der Waals surface area contributed by atoms with E-state index in [0.717, 1.165) is 25.9 Å². The SMILES string of the molecule is O=C(O)COc1ccc(CCCS(=O)(=O)c2ccc(Cl)cc2)cc1NC(=O)c1cccc(CSc2ncc(-c3ccccc3)s2)c1. The number of sulfone groups is 1. The van der Waals surface area contributed by atoms with Crippen molar-refractivity contribution in [2.24, 2.45) is 0 Å². The van der Waals surface area contributed by atoms with E-state index in [2.05, 4.69) is 10.3 Å². The van der Waals surface area contributed by atoms with Gasteiger partial charge in [0.15, 0.2) is 20.8 Å². The first kappa shape index (κ1) is 33.2. The molecule has 5 rings (SSSR count). The number of nitrogens with zero attached hydrogens (tertiary/aromatic N) is 1. The molecule has 0 atom stereocenters. The van der Waals surface area contributed by atoms with E-state index in [1.807, 2.05) is 42.6 Å². The molecule has 0 aliphatic rings. The van der Waals surface area contributed by atoms with Crippen molar-refractivity contribution in [3.05, 3.63) is 125 Å². The maximum atomic E-state index is 13.3. The number of thioether (sulfide) groups is 1. The summed E-state index contributed by atoms with van der Waals surface area (Å²) in [7, 11) is -3.50. The number of anilines is 1. The third-order valence-corrected chi connectivity index (χ3v) is 11.1. The molecule has 0 saturated heterocycles. The Bertz CT molecular complexity index is 1930. The van der Waals surface area contributed by atoms with E-state index in [1.54, 1.807) is 59.5 Å². The Hall–Kier alpha value is -4.16. The molecule has 2 N–H and O–H groups in total. The van der Waals surface area contributed by atoms with Crippen LogP contribution in [0.1, 0.15) is 27.9 Å². The summed E-state index contributed by atoms with van der Waals surface area (Å²) in [5, 5.41) is 12.4. The van der Waals surface area contributed by atoms with Crippen molar-refractivity contribution in [1.82, 2.24) is 4.98 Å². The Morgan fingerprint density at radius 2 is 1.72 bits per heavy atom. The number of amides is 1. The number of carboxylic acid groups (broad SMARTS) is 1. The van der Waals surface area contributed by atoms with Crippen molar-refractivity contribution in [3.8, 4) is 16.2 Å². The van der Waals surface area contributed by atoms with E-state index in [0.29, 0.717) is 34.9 Å². The smallest absolute Gasteiger partial charge is 0.341 e. The number of rotatable bonds is 14.